The minimum absolute atomic E-state index is 0.0591. The Kier molecular flexibility index (Phi) is 3.65. The van der Waals surface area contributed by atoms with E-state index in [0.717, 1.165) is 0 Å². The zero-order valence-electron chi connectivity index (χ0n) is 9.96. The zero-order chi connectivity index (χ0) is 14.7. The Labute approximate surface area is 111 Å². The lowest BCUT2D eigenvalue weighted by atomic mass is 10.2. The molecule has 1 fully saturated rings. The van der Waals surface area contributed by atoms with E-state index in [1.165, 1.54) is 24.3 Å². The van der Waals surface area contributed by atoms with E-state index < -0.39 is 30.3 Å². The number of aliphatic hydroxyl groups excluding tert-OH is 1. The Bertz CT molecular complexity index is 620. The summed E-state index contributed by atoms with van der Waals surface area (Å²) in [4.78, 5) is 41.6. The van der Waals surface area contributed by atoms with Crippen LogP contribution >= 0.6 is 0 Å². The first-order valence-corrected chi connectivity index (χ1v) is 5.45. The second-order valence-electron chi connectivity index (χ2n) is 3.86. The van der Waals surface area contributed by atoms with Gasteiger partial charge in [-0.05, 0) is 17.7 Å². The van der Waals surface area contributed by atoms with Gasteiger partial charge in [-0.3, -0.25) is 9.59 Å². The van der Waals surface area contributed by atoms with Crippen LogP contribution in [-0.2, 0) is 14.4 Å². The molecule has 0 radical (unpaired) electrons. The number of aliphatic hydroxyl groups is 1. The summed E-state index contributed by atoms with van der Waals surface area (Å²) in [5.41, 5.74) is 8.59. The summed E-state index contributed by atoms with van der Waals surface area (Å²) in [6, 6.07) is 5.37. The molecule has 1 aliphatic heterocycles. The van der Waals surface area contributed by atoms with Gasteiger partial charge in [-0.2, -0.15) is 0 Å². The van der Waals surface area contributed by atoms with Crippen molar-refractivity contribution in [1.82, 2.24) is 5.06 Å². The molecule has 1 unspecified atom stereocenters. The number of carbonyl (C=O) groups is 3. The maximum atomic E-state index is 11.7. The average molecular weight is 276 g/mol. The first kappa shape index (κ1) is 13.5. The molecule has 0 aromatic heterocycles. The summed E-state index contributed by atoms with van der Waals surface area (Å²) in [5.74, 6) is -2.70. The highest BCUT2D eigenvalue weighted by molar-refractivity contribution is 6.05. The third-order valence-corrected chi connectivity index (χ3v) is 2.52. The summed E-state index contributed by atoms with van der Waals surface area (Å²) in [6.07, 6.45) is -1.90. The van der Waals surface area contributed by atoms with Crippen LogP contribution < -0.4 is 0 Å². The lowest BCUT2D eigenvalue weighted by molar-refractivity contribution is -0.175. The van der Waals surface area contributed by atoms with Crippen molar-refractivity contribution >= 4 is 23.5 Å². The molecule has 0 saturated carbocycles. The van der Waals surface area contributed by atoms with Crippen molar-refractivity contribution in [3.8, 4) is 0 Å². The Balaban J connectivity index is 2.10. The monoisotopic (exact) mass is 276 g/mol. The Morgan fingerprint density at radius 1 is 1.40 bits per heavy atom. The molecular formula is C11H8N4O5. The van der Waals surface area contributed by atoms with Crippen LogP contribution in [-0.4, -0.2) is 34.1 Å². The SMILES string of the molecule is [N-]=[N+]=Nc1ccc(C(=O)ON2C(=O)CC(O)C2=O)cc1. The molecule has 1 aliphatic rings. The Hall–Kier alpha value is -2.90. The number of carbonyl (C=O) groups excluding carboxylic acids is 3. The lowest BCUT2D eigenvalue weighted by Crippen LogP contribution is -2.34. The molecule has 1 atom stereocenters. The molecule has 1 aromatic rings. The quantitative estimate of drug-likeness (QED) is 0.377. The van der Waals surface area contributed by atoms with Crippen molar-refractivity contribution in [3.05, 3.63) is 40.3 Å². The van der Waals surface area contributed by atoms with Crippen LogP contribution in [0.25, 0.3) is 10.4 Å². The van der Waals surface area contributed by atoms with Crippen LogP contribution in [0, 0.1) is 0 Å². The highest BCUT2D eigenvalue weighted by Crippen LogP contribution is 2.17. The van der Waals surface area contributed by atoms with Crippen LogP contribution in [0.2, 0.25) is 0 Å². The van der Waals surface area contributed by atoms with E-state index in [2.05, 4.69) is 14.9 Å². The topological polar surface area (TPSA) is 133 Å². The van der Waals surface area contributed by atoms with Crippen molar-refractivity contribution in [2.45, 2.75) is 12.5 Å². The van der Waals surface area contributed by atoms with E-state index in [9.17, 15) is 14.4 Å². The van der Waals surface area contributed by atoms with Gasteiger partial charge in [0, 0.05) is 10.6 Å². The van der Waals surface area contributed by atoms with Crippen LogP contribution in [0.3, 0.4) is 0 Å². The van der Waals surface area contributed by atoms with Gasteiger partial charge in [0.05, 0.1) is 12.0 Å². The number of nitrogens with zero attached hydrogens (tertiary/aromatic N) is 4. The molecule has 102 valence electrons. The molecule has 0 aliphatic carbocycles. The molecule has 1 aromatic carbocycles. The van der Waals surface area contributed by atoms with Crippen molar-refractivity contribution < 1.29 is 24.3 Å². The number of hydrogen-bond acceptors (Lipinski definition) is 6. The van der Waals surface area contributed by atoms with Crippen LogP contribution in [0.1, 0.15) is 16.8 Å². The largest absolute Gasteiger partial charge is 0.383 e. The van der Waals surface area contributed by atoms with E-state index >= 15 is 0 Å². The predicted octanol–water partition coefficient (Wildman–Crippen LogP) is 0.820. The zero-order valence-corrected chi connectivity index (χ0v) is 9.96. The maximum absolute atomic E-state index is 11.7. The lowest BCUT2D eigenvalue weighted by Gasteiger charge is -2.12. The van der Waals surface area contributed by atoms with E-state index in [1.807, 2.05) is 0 Å². The van der Waals surface area contributed by atoms with Gasteiger partial charge >= 0.3 is 5.97 Å². The molecule has 2 rings (SSSR count). The van der Waals surface area contributed by atoms with E-state index in [-0.39, 0.29) is 10.6 Å². The van der Waals surface area contributed by atoms with E-state index in [1.54, 1.807) is 0 Å². The van der Waals surface area contributed by atoms with Crippen LogP contribution in [0.5, 0.6) is 0 Å². The first-order chi connectivity index (χ1) is 9.52. The van der Waals surface area contributed by atoms with Gasteiger partial charge in [0.15, 0.2) is 0 Å². The number of azide groups is 1. The second kappa shape index (κ2) is 5.39. The number of benzene rings is 1. The van der Waals surface area contributed by atoms with Crippen molar-refractivity contribution in [1.29, 1.82) is 0 Å². The molecule has 9 nitrogen and oxygen atoms in total. The fraction of sp³-hybridized carbons (Fsp3) is 0.182. The van der Waals surface area contributed by atoms with Crippen molar-refractivity contribution in [3.63, 3.8) is 0 Å². The number of hydrogen-bond donors (Lipinski definition) is 1. The third kappa shape index (κ3) is 2.58. The van der Waals surface area contributed by atoms with Gasteiger partial charge in [-0.15, -0.1) is 0 Å². The summed E-state index contributed by atoms with van der Waals surface area (Å²) in [6.45, 7) is 0. The third-order valence-electron chi connectivity index (χ3n) is 2.52. The number of amides is 2. The standard InChI is InChI=1S/C11H8N4O5/c12-14-13-7-3-1-6(2-4-7)11(19)20-15-9(17)5-8(16)10(15)18/h1-4,8,16H,5H2. The fourth-order valence-electron chi connectivity index (χ4n) is 1.54. The van der Waals surface area contributed by atoms with Gasteiger partial charge in [0.25, 0.3) is 11.8 Å². The fourth-order valence-corrected chi connectivity index (χ4v) is 1.54. The molecule has 0 spiro atoms. The van der Waals surface area contributed by atoms with Gasteiger partial charge < -0.3 is 9.94 Å². The van der Waals surface area contributed by atoms with Crippen LogP contribution in [0.15, 0.2) is 29.4 Å². The normalized spacial score (nSPS) is 17.9. The Morgan fingerprint density at radius 3 is 2.55 bits per heavy atom. The maximum Gasteiger partial charge on any atom is 0.363 e. The number of rotatable bonds is 3. The van der Waals surface area contributed by atoms with Crippen molar-refractivity contribution in [2.75, 3.05) is 0 Å². The van der Waals surface area contributed by atoms with E-state index in [0.29, 0.717) is 5.69 Å². The number of hydroxylamine groups is 2. The van der Waals surface area contributed by atoms with Crippen LogP contribution in [0.4, 0.5) is 5.69 Å². The molecular weight excluding hydrogens is 268 g/mol. The summed E-state index contributed by atoms with van der Waals surface area (Å²) < 4.78 is 0. The minimum Gasteiger partial charge on any atom is -0.383 e. The predicted molar refractivity (Wildman–Crippen MR) is 63.1 cm³/mol. The molecule has 0 bridgehead atoms. The smallest absolute Gasteiger partial charge is 0.363 e. The average Bonchev–Trinajstić information content (AvgIpc) is 2.66. The highest BCUT2D eigenvalue weighted by atomic mass is 16.7. The van der Waals surface area contributed by atoms with Gasteiger partial charge in [0.2, 0.25) is 0 Å². The first-order valence-electron chi connectivity index (χ1n) is 5.45. The van der Waals surface area contributed by atoms with Gasteiger partial charge in [-0.1, -0.05) is 22.3 Å². The summed E-state index contributed by atoms with van der Waals surface area (Å²) in [7, 11) is 0. The Morgan fingerprint density at radius 2 is 2.05 bits per heavy atom. The van der Waals surface area contributed by atoms with E-state index in [4.69, 9.17) is 10.6 Å². The summed E-state index contributed by atoms with van der Waals surface area (Å²) in [5, 5.41) is 12.7. The highest BCUT2D eigenvalue weighted by Gasteiger charge is 2.40. The van der Waals surface area contributed by atoms with Gasteiger partial charge in [0.1, 0.15) is 6.10 Å². The molecule has 9 heteroatoms. The second-order valence-corrected chi connectivity index (χ2v) is 3.86. The summed E-state index contributed by atoms with van der Waals surface area (Å²) >= 11 is 0. The van der Waals surface area contributed by atoms with Gasteiger partial charge in [-0.25, -0.2) is 4.79 Å². The molecule has 1 N–H and O–H groups in total. The number of imide groups is 1. The molecule has 1 saturated heterocycles. The molecule has 1 heterocycles. The minimum atomic E-state index is -1.48. The van der Waals surface area contributed by atoms with Crippen molar-refractivity contribution in [2.24, 2.45) is 5.11 Å². The molecule has 20 heavy (non-hydrogen) atoms. The molecule has 2 amide bonds.